The topological polar surface area (TPSA) is 169 Å². The lowest BCUT2D eigenvalue weighted by molar-refractivity contribution is 0.0720. The molecule has 0 spiro atoms. The summed E-state index contributed by atoms with van der Waals surface area (Å²) in [6.07, 6.45) is 38.1. The molecule has 13 nitrogen and oxygen atoms in total. The fourth-order valence-electron chi connectivity index (χ4n) is 13.4. The van der Waals surface area contributed by atoms with Gasteiger partial charge in [-0.25, -0.2) is 28.8 Å². The van der Waals surface area contributed by atoms with Crippen molar-refractivity contribution in [2.24, 2.45) is 5.92 Å². The van der Waals surface area contributed by atoms with Crippen LogP contribution in [-0.2, 0) is 25.7 Å². The van der Waals surface area contributed by atoms with E-state index in [0.29, 0.717) is 46.5 Å². The highest BCUT2D eigenvalue weighted by molar-refractivity contribution is 6.34. The molecule has 588 valence electrons. The summed E-state index contributed by atoms with van der Waals surface area (Å²) in [7, 11) is 0. The molecular weight excluding hydrogens is 1430 g/mol. The third kappa shape index (κ3) is 30.9. The van der Waals surface area contributed by atoms with Crippen molar-refractivity contribution in [1.82, 2.24) is 0 Å². The first kappa shape index (κ1) is 88.7. The Morgan fingerprint density at radius 3 is 1.14 bits per heavy atom. The van der Waals surface area contributed by atoms with E-state index >= 15 is 0 Å². The SMILES string of the molecule is CCCCCCCCc1ccc(OC(=O)c2ccc(OC(=O)c3ccc(CCCCCCC)cc3)cc2Cl)cc1.CCCCCc1ccc(OC(=O)c2ccc(OC(=O)c3ccc(CCCCC)cc3)cc2Cl)cc1.[C-]#[N+]c1c(OC(=O)c2ccc(C3CCC(CCCCC)CC3)cc2)ccc(OCCCCC)c1C#N. The predicted octanol–water partition coefficient (Wildman–Crippen LogP) is 27.2. The zero-order chi connectivity index (χ0) is 79.4. The fourth-order valence-corrected chi connectivity index (χ4v) is 13.9. The molecule has 0 atom stereocenters. The summed E-state index contributed by atoms with van der Waals surface area (Å²) in [6, 6.07) is 52.0. The minimum atomic E-state index is -0.565. The Kier molecular flexibility index (Phi) is 40.3. The fraction of sp³-hybridized carbons (Fsp3) is 0.427. The maximum Gasteiger partial charge on any atom is 0.345 e. The molecular formula is C96H114Cl2N2O11. The van der Waals surface area contributed by atoms with Gasteiger partial charge in [-0.3, -0.25) is 0 Å². The molecule has 15 heteroatoms. The van der Waals surface area contributed by atoms with Crippen LogP contribution in [0.5, 0.6) is 34.5 Å². The van der Waals surface area contributed by atoms with E-state index in [1.165, 1.54) is 205 Å². The van der Waals surface area contributed by atoms with Gasteiger partial charge in [0.2, 0.25) is 5.69 Å². The summed E-state index contributed by atoms with van der Waals surface area (Å²) in [6.45, 7) is 21.2. The number of hydrogen-bond acceptors (Lipinski definition) is 12. The van der Waals surface area contributed by atoms with Crippen molar-refractivity contribution < 1.29 is 52.4 Å². The average molecular weight is 1540 g/mol. The van der Waals surface area contributed by atoms with Crippen molar-refractivity contribution in [3.63, 3.8) is 0 Å². The molecule has 8 aromatic rings. The number of aryl methyl sites for hydroxylation is 4. The number of rotatable bonds is 41. The van der Waals surface area contributed by atoms with Crippen molar-refractivity contribution in [2.75, 3.05) is 6.61 Å². The van der Waals surface area contributed by atoms with E-state index in [4.69, 9.17) is 58.2 Å². The first-order valence-corrected chi connectivity index (χ1v) is 41.6. The molecule has 111 heavy (non-hydrogen) atoms. The van der Waals surface area contributed by atoms with Crippen LogP contribution in [0.3, 0.4) is 0 Å². The Morgan fingerprint density at radius 1 is 0.387 bits per heavy atom. The minimum absolute atomic E-state index is 0.00570. The van der Waals surface area contributed by atoms with E-state index < -0.39 is 29.8 Å². The molecule has 0 amide bonds. The van der Waals surface area contributed by atoms with Crippen LogP contribution in [0.15, 0.2) is 170 Å². The van der Waals surface area contributed by atoms with Gasteiger partial charge in [0.15, 0.2) is 0 Å². The largest absolute Gasteiger partial charge is 0.494 e. The minimum Gasteiger partial charge on any atom is -0.494 e. The van der Waals surface area contributed by atoms with Crippen LogP contribution in [0.1, 0.15) is 312 Å². The summed E-state index contributed by atoms with van der Waals surface area (Å²) in [5.41, 5.74) is 8.02. The highest BCUT2D eigenvalue weighted by Crippen LogP contribution is 2.40. The van der Waals surface area contributed by atoms with Gasteiger partial charge in [0.1, 0.15) is 40.1 Å². The molecule has 1 saturated carbocycles. The molecule has 1 fully saturated rings. The van der Waals surface area contributed by atoms with Crippen LogP contribution < -0.4 is 28.4 Å². The number of nitrogens with zero attached hydrogens (tertiary/aromatic N) is 2. The van der Waals surface area contributed by atoms with Crippen LogP contribution in [0.25, 0.3) is 4.85 Å². The van der Waals surface area contributed by atoms with Crippen molar-refractivity contribution in [3.8, 4) is 40.6 Å². The maximum absolute atomic E-state index is 12.8. The number of hydrogen-bond donors (Lipinski definition) is 0. The summed E-state index contributed by atoms with van der Waals surface area (Å²) >= 11 is 12.7. The molecule has 0 N–H and O–H groups in total. The van der Waals surface area contributed by atoms with Gasteiger partial charge in [-0.2, -0.15) is 5.26 Å². The lowest BCUT2D eigenvalue weighted by atomic mass is 9.77. The lowest BCUT2D eigenvalue weighted by Crippen LogP contribution is -2.14. The molecule has 9 rings (SSSR count). The Labute approximate surface area is 670 Å². The van der Waals surface area contributed by atoms with E-state index in [1.54, 1.807) is 60.7 Å². The Hall–Kier alpha value is -9.53. The van der Waals surface area contributed by atoms with Gasteiger partial charge in [0, 0.05) is 12.1 Å². The Bertz CT molecular complexity index is 4230. The van der Waals surface area contributed by atoms with E-state index in [9.17, 15) is 29.2 Å². The zero-order valence-corrected chi connectivity index (χ0v) is 67.8. The monoisotopic (exact) mass is 1540 g/mol. The van der Waals surface area contributed by atoms with Gasteiger partial charge in [-0.1, -0.05) is 247 Å². The second kappa shape index (κ2) is 50.4. The van der Waals surface area contributed by atoms with Gasteiger partial charge in [0.05, 0.1) is 57.1 Å². The predicted molar refractivity (Wildman–Crippen MR) is 447 cm³/mol. The first-order valence-electron chi connectivity index (χ1n) is 40.8. The van der Waals surface area contributed by atoms with Gasteiger partial charge >= 0.3 is 29.8 Å². The highest BCUT2D eigenvalue weighted by Gasteiger charge is 2.25. The lowest BCUT2D eigenvalue weighted by Gasteiger charge is -2.29. The van der Waals surface area contributed by atoms with Crippen molar-refractivity contribution in [3.05, 3.63) is 253 Å². The van der Waals surface area contributed by atoms with Crippen LogP contribution in [0, 0.1) is 23.8 Å². The second-order valence-corrected chi connectivity index (χ2v) is 29.7. The van der Waals surface area contributed by atoms with Crippen molar-refractivity contribution >= 4 is 58.7 Å². The summed E-state index contributed by atoms with van der Waals surface area (Å²) in [5.74, 6) is 0.699. The van der Waals surface area contributed by atoms with E-state index in [1.807, 2.05) is 78.9 Å². The Morgan fingerprint density at radius 2 is 0.730 bits per heavy atom. The third-order valence-electron chi connectivity index (χ3n) is 20.1. The molecule has 0 bridgehead atoms. The zero-order valence-electron chi connectivity index (χ0n) is 66.3. The van der Waals surface area contributed by atoms with Crippen LogP contribution in [-0.4, -0.2) is 36.5 Å². The second-order valence-electron chi connectivity index (χ2n) is 28.9. The van der Waals surface area contributed by atoms with Crippen LogP contribution >= 0.6 is 23.2 Å². The van der Waals surface area contributed by atoms with E-state index in [-0.39, 0.29) is 49.7 Å². The number of esters is 5. The molecule has 1 aliphatic carbocycles. The number of ether oxygens (including phenoxy) is 6. The van der Waals surface area contributed by atoms with Gasteiger partial charge in [-0.05, 0) is 220 Å². The molecule has 8 aromatic carbocycles. The molecule has 0 radical (unpaired) electrons. The third-order valence-corrected chi connectivity index (χ3v) is 20.8. The van der Waals surface area contributed by atoms with Crippen LogP contribution in [0.4, 0.5) is 5.69 Å². The summed E-state index contributed by atoms with van der Waals surface area (Å²) in [4.78, 5) is 66.7. The summed E-state index contributed by atoms with van der Waals surface area (Å²) in [5, 5.41) is 9.94. The number of nitriles is 1. The molecule has 0 unspecified atom stereocenters. The Balaban J connectivity index is 0.000000232. The summed E-state index contributed by atoms with van der Waals surface area (Å²) < 4.78 is 33.2. The normalized spacial score (nSPS) is 12.8. The van der Waals surface area contributed by atoms with Gasteiger partial charge < -0.3 is 28.4 Å². The molecule has 0 heterocycles. The highest BCUT2D eigenvalue weighted by atomic mass is 35.5. The number of carbonyl (C=O) groups excluding carboxylic acids is 5. The number of benzene rings is 8. The first-order chi connectivity index (χ1) is 54.1. The molecule has 0 saturated heterocycles. The van der Waals surface area contributed by atoms with Crippen molar-refractivity contribution in [1.29, 1.82) is 5.26 Å². The van der Waals surface area contributed by atoms with E-state index in [2.05, 4.69) is 46.4 Å². The van der Waals surface area contributed by atoms with Gasteiger partial charge in [-0.15, -0.1) is 0 Å². The molecule has 1 aliphatic rings. The molecule has 0 aliphatic heterocycles. The average Bonchev–Trinajstić information content (AvgIpc) is 0.817. The number of carbonyl (C=O) groups is 5. The number of halogens is 2. The number of unbranched alkanes of at least 4 members (excludes halogenated alkanes) is 17. The van der Waals surface area contributed by atoms with Crippen LogP contribution in [0.2, 0.25) is 10.0 Å². The van der Waals surface area contributed by atoms with E-state index in [0.717, 1.165) is 70.1 Å². The standard InChI is InChI=1S/C35H43ClO4.C31H38N2O3.C30H33ClO4/c1-3-5-7-9-11-13-15-28-18-22-30(23-19-28)39-35(38)32-25-24-31(26-33(32)36)40-34(37)29-20-16-27(17-21-29)14-12-10-8-6-4-2;1-4-6-8-10-23-11-13-24(14-12-23)25-15-17-26(18-16-25)31(34)36-29-20-19-28(35-21-9-7-5-2)27(22-32)30(29)33-3;1-3-5-7-9-22-11-15-24(16-12-22)29(32)35-26-19-20-27(28(31)21-26)30(33)34-25-17-13-23(14-18-25)10-8-6-4-2/h16-26H,3-15H2,1-2H3;15-20,23-24H,4-14,21H2,1-2H3;11-21H,3-10H2,1-2H3. The molecule has 0 aromatic heterocycles. The maximum atomic E-state index is 12.8. The van der Waals surface area contributed by atoms with Gasteiger partial charge in [0.25, 0.3) is 0 Å². The smallest absolute Gasteiger partial charge is 0.345 e. The van der Waals surface area contributed by atoms with Crippen molar-refractivity contribution in [2.45, 2.75) is 253 Å². The quantitative estimate of drug-likeness (QED) is 0.0154.